The van der Waals surface area contributed by atoms with Crippen molar-refractivity contribution in [1.29, 1.82) is 0 Å². The molecule has 1 heterocycles. The van der Waals surface area contributed by atoms with E-state index >= 15 is 0 Å². The van der Waals surface area contributed by atoms with E-state index in [4.69, 9.17) is 4.74 Å². The van der Waals surface area contributed by atoms with Crippen molar-refractivity contribution in [2.75, 3.05) is 26.8 Å². The summed E-state index contributed by atoms with van der Waals surface area (Å²) in [5.41, 5.74) is 0.896. The van der Waals surface area contributed by atoms with Crippen molar-refractivity contribution in [2.45, 2.75) is 31.3 Å². The van der Waals surface area contributed by atoms with Gasteiger partial charge in [-0.1, -0.05) is 30.3 Å². The fourth-order valence-electron chi connectivity index (χ4n) is 3.71. The Morgan fingerprint density at radius 2 is 1.89 bits per heavy atom. The van der Waals surface area contributed by atoms with E-state index in [9.17, 15) is 14.3 Å². The molecule has 2 aromatic rings. The van der Waals surface area contributed by atoms with E-state index in [0.29, 0.717) is 24.3 Å². The number of para-hydroxylation sites is 1. The summed E-state index contributed by atoms with van der Waals surface area (Å²) in [6, 6.07) is 13.8. The van der Waals surface area contributed by atoms with Gasteiger partial charge in [-0.15, -0.1) is 0 Å². The zero-order valence-electron chi connectivity index (χ0n) is 16.2. The van der Waals surface area contributed by atoms with E-state index in [1.165, 1.54) is 6.07 Å². The first-order valence-electron chi connectivity index (χ1n) is 9.58. The van der Waals surface area contributed by atoms with Gasteiger partial charge < -0.3 is 15.2 Å². The Morgan fingerprint density at radius 3 is 2.57 bits per heavy atom. The van der Waals surface area contributed by atoms with Gasteiger partial charge in [-0.25, -0.2) is 4.39 Å². The van der Waals surface area contributed by atoms with Gasteiger partial charge in [-0.2, -0.15) is 0 Å². The zero-order valence-corrected chi connectivity index (χ0v) is 16.2. The molecule has 28 heavy (non-hydrogen) atoms. The van der Waals surface area contributed by atoms with Crippen LogP contribution in [-0.4, -0.2) is 48.3 Å². The minimum absolute atomic E-state index is 0.0760. The molecule has 0 unspecified atom stereocenters. The number of hydrogen-bond donors (Lipinski definition) is 2. The molecule has 5 nitrogen and oxygen atoms in total. The Bertz CT molecular complexity index is 790. The van der Waals surface area contributed by atoms with Gasteiger partial charge in [0.15, 0.2) is 11.6 Å². The minimum Gasteiger partial charge on any atom is -0.505 e. The smallest absolute Gasteiger partial charge is 0.251 e. The summed E-state index contributed by atoms with van der Waals surface area (Å²) in [7, 11) is 1.66. The summed E-state index contributed by atoms with van der Waals surface area (Å²) in [6.45, 7) is 2.54. The molecular formula is C22H27FN2O3. The average molecular weight is 386 g/mol. The number of carbonyl (C=O) groups excluding carboxylic acids is 1. The number of piperidine rings is 1. The maximum absolute atomic E-state index is 13.6. The Morgan fingerprint density at radius 1 is 1.18 bits per heavy atom. The maximum atomic E-state index is 13.6. The number of methoxy groups -OCH3 is 1. The van der Waals surface area contributed by atoms with Crippen LogP contribution in [0.1, 0.15) is 35.2 Å². The highest BCUT2D eigenvalue weighted by atomic mass is 19.1. The normalized spacial score (nSPS) is 16.6. The second-order valence-corrected chi connectivity index (χ2v) is 7.37. The molecule has 0 bridgehead atoms. The lowest BCUT2D eigenvalue weighted by Gasteiger charge is -2.42. The van der Waals surface area contributed by atoms with Gasteiger partial charge in [-0.3, -0.25) is 9.69 Å². The lowest BCUT2D eigenvalue weighted by molar-refractivity contribution is 0.0689. The Balaban J connectivity index is 1.65. The van der Waals surface area contributed by atoms with Gasteiger partial charge in [0, 0.05) is 50.0 Å². The molecule has 6 heteroatoms. The molecule has 2 aromatic carbocycles. The number of phenols is 1. The van der Waals surface area contributed by atoms with E-state index < -0.39 is 5.82 Å². The lowest BCUT2D eigenvalue weighted by Crippen LogP contribution is -2.55. The van der Waals surface area contributed by atoms with Crippen molar-refractivity contribution >= 4 is 5.91 Å². The van der Waals surface area contributed by atoms with Crippen molar-refractivity contribution in [3.05, 3.63) is 65.5 Å². The highest BCUT2D eigenvalue weighted by Crippen LogP contribution is 2.29. The molecule has 0 spiro atoms. The quantitative estimate of drug-likeness (QED) is 0.766. The summed E-state index contributed by atoms with van der Waals surface area (Å²) >= 11 is 0. The van der Waals surface area contributed by atoms with E-state index in [1.807, 2.05) is 18.2 Å². The van der Waals surface area contributed by atoms with Crippen LogP contribution < -0.4 is 5.32 Å². The largest absolute Gasteiger partial charge is 0.505 e. The van der Waals surface area contributed by atoms with Crippen LogP contribution in [0, 0.1) is 5.82 Å². The number of ether oxygens (including phenoxy) is 1. The summed E-state index contributed by atoms with van der Waals surface area (Å²) in [5.74, 6) is -0.955. The van der Waals surface area contributed by atoms with Crippen LogP contribution in [0.5, 0.6) is 5.75 Å². The molecule has 2 N–H and O–H groups in total. The number of likely N-dealkylation sites (tertiary alicyclic amines) is 1. The Labute approximate surface area is 165 Å². The van der Waals surface area contributed by atoms with Gasteiger partial charge >= 0.3 is 0 Å². The van der Waals surface area contributed by atoms with Crippen LogP contribution >= 0.6 is 0 Å². The molecule has 1 aliphatic rings. The lowest BCUT2D eigenvalue weighted by atomic mass is 9.84. The van der Waals surface area contributed by atoms with Gasteiger partial charge in [-0.05, 0) is 37.5 Å². The highest BCUT2D eigenvalue weighted by molar-refractivity contribution is 5.94. The van der Waals surface area contributed by atoms with Crippen LogP contribution in [0.2, 0.25) is 0 Å². The first-order valence-corrected chi connectivity index (χ1v) is 9.58. The number of nitrogens with one attached hydrogen (secondary N) is 1. The summed E-state index contributed by atoms with van der Waals surface area (Å²) in [4.78, 5) is 14.9. The number of aromatic hydroxyl groups is 1. The third-order valence-electron chi connectivity index (χ3n) is 5.48. The molecule has 1 fully saturated rings. The fourth-order valence-corrected chi connectivity index (χ4v) is 3.71. The molecule has 0 aliphatic carbocycles. The van der Waals surface area contributed by atoms with Crippen LogP contribution in [0.15, 0.2) is 48.5 Å². The molecule has 1 saturated heterocycles. The molecule has 150 valence electrons. The molecule has 0 atom stereocenters. The van der Waals surface area contributed by atoms with E-state index in [2.05, 4.69) is 10.2 Å². The van der Waals surface area contributed by atoms with E-state index in [1.54, 1.807) is 31.4 Å². The topological polar surface area (TPSA) is 61.8 Å². The van der Waals surface area contributed by atoms with Gasteiger partial charge in [0.05, 0.1) is 0 Å². The fraction of sp³-hybridized carbons (Fsp3) is 0.409. The molecule has 0 aromatic heterocycles. The average Bonchev–Trinajstić information content (AvgIpc) is 2.72. The highest BCUT2D eigenvalue weighted by Gasteiger charge is 2.36. The van der Waals surface area contributed by atoms with Crippen molar-refractivity contribution in [2.24, 2.45) is 0 Å². The molecular weight excluding hydrogens is 359 g/mol. The second-order valence-electron chi connectivity index (χ2n) is 7.37. The van der Waals surface area contributed by atoms with Crippen molar-refractivity contribution in [1.82, 2.24) is 10.2 Å². The number of carbonyl (C=O) groups is 1. The van der Waals surface area contributed by atoms with Crippen LogP contribution in [0.4, 0.5) is 4.39 Å². The third-order valence-corrected chi connectivity index (χ3v) is 5.48. The Kier molecular flexibility index (Phi) is 6.65. The van der Waals surface area contributed by atoms with Gasteiger partial charge in [0.25, 0.3) is 5.91 Å². The number of phenolic OH excluding ortho intramolecular Hbond substituents is 1. The van der Waals surface area contributed by atoms with E-state index in [0.717, 1.165) is 32.4 Å². The Hall–Kier alpha value is -2.44. The van der Waals surface area contributed by atoms with Crippen molar-refractivity contribution in [3.8, 4) is 5.75 Å². The summed E-state index contributed by atoms with van der Waals surface area (Å²) < 4.78 is 18.8. The summed E-state index contributed by atoms with van der Waals surface area (Å²) in [6.07, 6.45) is 2.27. The summed E-state index contributed by atoms with van der Waals surface area (Å²) in [5, 5.41) is 13.2. The number of amides is 1. The number of benzene rings is 2. The standard InChI is InChI=1S/C22H27FN2O3/c1-28-15-12-22(24-21(27)17-6-3-2-4-7-17)10-13-25(14-11-22)16-18-8-5-9-19(23)20(18)26/h2-9,26H,10-16H2,1H3,(H,24,27). The molecule has 3 rings (SSSR count). The number of nitrogens with zero attached hydrogens (tertiary/aromatic N) is 1. The molecule has 1 amide bonds. The van der Waals surface area contributed by atoms with Gasteiger partial charge in [0.1, 0.15) is 0 Å². The van der Waals surface area contributed by atoms with Crippen LogP contribution in [0.3, 0.4) is 0 Å². The first kappa shape index (κ1) is 20.3. The predicted octanol–water partition coefficient (Wildman–Crippen LogP) is 3.33. The SMILES string of the molecule is COCCC1(NC(=O)c2ccccc2)CCN(Cc2cccc(F)c2O)CC1. The van der Waals surface area contributed by atoms with Gasteiger partial charge in [0.2, 0.25) is 0 Å². The molecule has 0 radical (unpaired) electrons. The molecule has 1 aliphatic heterocycles. The minimum atomic E-state index is -0.598. The van der Waals surface area contributed by atoms with Crippen LogP contribution in [-0.2, 0) is 11.3 Å². The van der Waals surface area contributed by atoms with Crippen LogP contribution in [0.25, 0.3) is 0 Å². The number of halogens is 1. The monoisotopic (exact) mass is 386 g/mol. The first-order chi connectivity index (χ1) is 13.5. The van der Waals surface area contributed by atoms with Crippen molar-refractivity contribution in [3.63, 3.8) is 0 Å². The van der Waals surface area contributed by atoms with E-state index in [-0.39, 0.29) is 17.2 Å². The predicted molar refractivity (Wildman–Crippen MR) is 106 cm³/mol. The number of rotatable bonds is 7. The maximum Gasteiger partial charge on any atom is 0.251 e. The zero-order chi connectivity index (χ0) is 20.0. The third kappa shape index (κ3) is 4.88. The number of hydrogen-bond acceptors (Lipinski definition) is 4. The second kappa shape index (κ2) is 9.17. The van der Waals surface area contributed by atoms with Crippen molar-refractivity contribution < 1.29 is 19.0 Å². The molecule has 0 saturated carbocycles.